The minimum Gasteiger partial charge on any atom is -0.354 e. The molecule has 2 N–H and O–H groups in total. The molecule has 1 heterocycles. The average Bonchev–Trinajstić information content (AvgIpc) is 2.34. The lowest BCUT2D eigenvalue weighted by Gasteiger charge is -2.10. The highest BCUT2D eigenvalue weighted by molar-refractivity contribution is 5.24. The third kappa shape index (κ3) is 4.57. The van der Waals surface area contributed by atoms with Crippen molar-refractivity contribution in [1.82, 2.24) is 15.3 Å². The van der Waals surface area contributed by atoms with Gasteiger partial charge in [0.25, 0.3) is 0 Å². The van der Waals surface area contributed by atoms with Crippen molar-refractivity contribution in [1.29, 1.82) is 0 Å². The molecule has 0 fully saturated rings. The molecule has 1 aromatic rings. The summed E-state index contributed by atoms with van der Waals surface area (Å²) in [7, 11) is 0. The Balaban J connectivity index is 2.38. The van der Waals surface area contributed by atoms with Gasteiger partial charge in [0.05, 0.1) is 0 Å². The molecule has 1 atom stereocenters. The Morgan fingerprint density at radius 2 is 1.94 bits per heavy atom. The highest BCUT2D eigenvalue weighted by Gasteiger charge is 1.99. The maximum absolute atomic E-state index is 4.26. The van der Waals surface area contributed by atoms with Gasteiger partial charge in [-0.05, 0) is 19.8 Å². The van der Waals surface area contributed by atoms with E-state index in [1.54, 1.807) is 0 Å². The van der Waals surface area contributed by atoms with Crippen LogP contribution < -0.4 is 10.6 Å². The third-order valence-corrected chi connectivity index (χ3v) is 2.51. The fourth-order valence-corrected chi connectivity index (χ4v) is 1.21. The van der Waals surface area contributed by atoms with Crippen LogP contribution in [0.1, 0.15) is 39.2 Å². The molecule has 1 unspecified atom stereocenters. The number of hydrogen-bond acceptors (Lipinski definition) is 4. The van der Waals surface area contributed by atoms with Crippen LogP contribution in [0.4, 0.5) is 5.95 Å². The van der Waals surface area contributed by atoms with Crippen LogP contribution in [0.5, 0.6) is 0 Å². The van der Waals surface area contributed by atoms with E-state index in [0.29, 0.717) is 12.0 Å². The molecule has 0 amide bonds. The molecule has 16 heavy (non-hydrogen) atoms. The zero-order valence-electron chi connectivity index (χ0n) is 10.5. The van der Waals surface area contributed by atoms with Crippen LogP contribution in [-0.4, -0.2) is 22.6 Å². The Labute approximate surface area is 97.9 Å². The molecule has 0 aromatic carbocycles. The average molecular weight is 222 g/mol. The molecule has 1 aromatic heterocycles. The first-order chi connectivity index (χ1) is 7.76. The predicted molar refractivity (Wildman–Crippen MR) is 67.4 cm³/mol. The standard InChI is InChI=1S/C12H22N4/c1-4-6-13-12-15-8-11(9-16-12)7-14-10(3)5-2/h8-10,14H,4-7H2,1-3H3,(H,13,15,16). The van der Waals surface area contributed by atoms with Gasteiger partial charge in [0.1, 0.15) is 0 Å². The van der Waals surface area contributed by atoms with E-state index in [1.165, 1.54) is 0 Å². The zero-order valence-corrected chi connectivity index (χ0v) is 10.5. The smallest absolute Gasteiger partial charge is 0.222 e. The van der Waals surface area contributed by atoms with Gasteiger partial charge in [-0.15, -0.1) is 0 Å². The van der Waals surface area contributed by atoms with E-state index in [9.17, 15) is 0 Å². The van der Waals surface area contributed by atoms with Crippen molar-refractivity contribution < 1.29 is 0 Å². The van der Waals surface area contributed by atoms with Crippen molar-refractivity contribution in [2.75, 3.05) is 11.9 Å². The van der Waals surface area contributed by atoms with Crippen LogP contribution in [-0.2, 0) is 6.54 Å². The van der Waals surface area contributed by atoms with E-state index in [1.807, 2.05) is 12.4 Å². The van der Waals surface area contributed by atoms with E-state index in [2.05, 4.69) is 41.4 Å². The summed E-state index contributed by atoms with van der Waals surface area (Å²) < 4.78 is 0. The molecule has 1 rings (SSSR count). The van der Waals surface area contributed by atoms with Gasteiger partial charge in [-0.1, -0.05) is 13.8 Å². The minimum atomic E-state index is 0.540. The topological polar surface area (TPSA) is 49.8 Å². The summed E-state index contributed by atoms with van der Waals surface area (Å²) in [6, 6.07) is 0.540. The van der Waals surface area contributed by atoms with Crippen molar-refractivity contribution in [3.8, 4) is 0 Å². The van der Waals surface area contributed by atoms with Gasteiger partial charge in [0.2, 0.25) is 5.95 Å². The summed E-state index contributed by atoms with van der Waals surface area (Å²) in [4.78, 5) is 8.52. The first kappa shape index (κ1) is 12.9. The molecule has 90 valence electrons. The molecule has 4 nitrogen and oxygen atoms in total. The second-order valence-electron chi connectivity index (χ2n) is 4.03. The summed E-state index contributed by atoms with van der Waals surface area (Å²) in [5, 5.41) is 6.57. The molecule has 0 aliphatic carbocycles. The normalized spacial score (nSPS) is 12.4. The maximum Gasteiger partial charge on any atom is 0.222 e. The summed E-state index contributed by atoms with van der Waals surface area (Å²) in [6.07, 6.45) is 5.97. The quantitative estimate of drug-likeness (QED) is 0.742. The van der Waals surface area contributed by atoms with Crippen LogP contribution >= 0.6 is 0 Å². The zero-order chi connectivity index (χ0) is 11.8. The van der Waals surface area contributed by atoms with Crippen molar-refractivity contribution in [3.05, 3.63) is 18.0 Å². The number of anilines is 1. The Kier molecular flexibility index (Phi) is 5.78. The van der Waals surface area contributed by atoms with Gasteiger partial charge in [-0.25, -0.2) is 9.97 Å². The monoisotopic (exact) mass is 222 g/mol. The van der Waals surface area contributed by atoms with Crippen molar-refractivity contribution in [3.63, 3.8) is 0 Å². The molecule has 0 saturated heterocycles. The number of rotatable bonds is 7. The first-order valence-corrected chi connectivity index (χ1v) is 6.04. The number of hydrogen-bond donors (Lipinski definition) is 2. The lowest BCUT2D eigenvalue weighted by Crippen LogP contribution is -2.24. The Bertz CT molecular complexity index is 284. The summed E-state index contributed by atoms with van der Waals surface area (Å²) in [5.41, 5.74) is 1.13. The molecule has 0 aliphatic heterocycles. The predicted octanol–water partition coefficient (Wildman–Crippen LogP) is 2.19. The van der Waals surface area contributed by atoms with Crippen LogP contribution in [0.15, 0.2) is 12.4 Å². The highest BCUT2D eigenvalue weighted by Crippen LogP contribution is 2.01. The fraction of sp³-hybridized carbons (Fsp3) is 0.667. The highest BCUT2D eigenvalue weighted by atomic mass is 15.1. The SMILES string of the molecule is CCCNc1ncc(CNC(C)CC)cn1. The van der Waals surface area contributed by atoms with Gasteiger partial charge in [0.15, 0.2) is 0 Å². The molecule has 0 aliphatic rings. The second kappa shape index (κ2) is 7.17. The van der Waals surface area contributed by atoms with Gasteiger partial charge < -0.3 is 10.6 Å². The van der Waals surface area contributed by atoms with Crippen molar-refractivity contribution in [2.24, 2.45) is 0 Å². The largest absolute Gasteiger partial charge is 0.354 e. The van der Waals surface area contributed by atoms with Crippen molar-refractivity contribution in [2.45, 2.75) is 46.2 Å². The van der Waals surface area contributed by atoms with Crippen molar-refractivity contribution >= 4 is 5.95 Å². The summed E-state index contributed by atoms with van der Waals surface area (Å²) >= 11 is 0. The number of nitrogens with zero attached hydrogens (tertiary/aromatic N) is 2. The van der Waals surface area contributed by atoms with E-state index >= 15 is 0 Å². The molecular weight excluding hydrogens is 200 g/mol. The van der Waals surface area contributed by atoms with Gasteiger partial charge in [-0.2, -0.15) is 0 Å². The fourth-order valence-electron chi connectivity index (χ4n) is 1.21. The molecule has 0 spiro atoms. The van der Waals surface area contributed by atoms with Gasteiger partial charge in [-0.3, -0.25) is 0 Å². The molecule has 4 heteroatoms. The number of nitrogens with one attached hydrogen (secondary N) is 2. The second-order valence-corrected chi connectivity index (χ2v) is 4.03. The lowest BCUT2D eigenvalue weighted by molar-refractivity contribution is 0.533. The van der Waals surface area contributed by atoms with Crippen LogP contribution in [0, 0.1) is 0 Å². The molecule has 0 bridgehead atoms. The van der Waals surface area contributed by atoms with Crippen LogP contribution in [0.3, 0.4) is 0 Å². The third-order valence-electron chi connectivity index (χ3n) is 2.51. The number of aromatic nitrogens is 2. The maximum atomic E-state index is 4.26. The Hall–Kier alpha value is -1.16. The summed E-state index contributed by atoms with van der Waals surface area (Å²) in [6.45, 7) is 8.23. The summed E-state index contributed by atoms with van der Waals surface area (Å²) in [5.74, 6) is 0.717. The van der Waals surface area contributed by atoms with E-state index in [4.69, 9.17) is 0 Å². The minimum absolute atomic E-state index is 0.540. The van der Waals surface area contributed by atoms with E-state index < -0.39 is 0 Å². The Morgan fingerprint density at radius 3 is 2.50 bits per heavy atom. The van der Waals surface area contributed by atoms with E-state index in [-0.39, 0.29) is 0 Å². The lowest BCUT2D eigenvalue weighted by atomic mass is 10.2. The molecular formula is C12H22N4. The van der Waals surface area contributed by atoms with E-state index in [0.717, 1.165) is 31.5 Å². The van der Waals surface area contributed by atoms with Gasteiger partial charge in [0, 0.05) is 37.1 Å². The van der Waals surface area contributed by atoms with Gasteiger partial charge >= 0.3 is 0 Å². The molecule has 0 radical (unpaired) electrons. The molecule has 0 saturated carbocycles. The van der Waals surface area contributed by atoms with Crippen LogP contribution in [0.25, 0.3) is 0 Å². The van der Waals surface area contributed by atoms with Crippen LogP contribution in [0.2, 0.25) is 0 Å². The first-order valence-electron chi connectivity index (χ1n) is 6.04. The Morgan fingerprint density at radius 1 is 1.25 bits per heavy atom.